The predicted molar refractivity (Wildman–Crippen MR) is 66.4 cm³/mol. The van der Waals surface area contributed by atoms with Crippen molar-refractivity contribution in [3.63, 3.8) is 0 Å². The molecule has 16 heavy (non-hydrogen) atoms. The zero-order valence-electron chi connectivity index (χ0n) is 9.22. The third-order valence-electron chi connectivity index (χ3n) is 3.03. The summed E-state index contributed by atoms with van der Waals surface area (Å²) in [5.74, 6) is 3.93. The average molecular weight is 234 g/mol. The van der Waals surface area contributed by atoms with Crippen LogP contribution in [0.15, 0.2) is 24.4 Å². The van der Waals surface area contributed by atoms with Gasteiger partial charge in [-0.15, -0.1) is 0 Å². The number of methoxy groups -OCH3 is 1. The summed E-state index contributed by atoms with van der Waals surface area (Å²) in [6.45, 7) is 0. The molecule has 2 aromatic heterocycles. The average Bonchev–Trinajstić information content (AvgIpc) is 2.96. The lowest BCUT2D eigenvalue weighted by molar-refractivity contribution is 0.392. The summed E-state index contributed by atoms with van der Waals surface area (Å²) in [7, 11) is 1.69. The van der Waals surface area contributed by atoms with E-state index in [2.05, 4.69) is 11.2 Å². The molecule has 0 saturated carbocycles. The van der Waals surface area contributed by atoms with Crippen LogP contribution in [-0.2, 0) is 0 Å². The third kappa shape index (κ3) is 1.57. The first-order chi connectivity index (χ1) is 7.88. The SMILES string of the molecule is COc1cccc2nc(C3CCSC3)cn12. The molecule has 84 valence electrons. The van der Waals surface area contributed by atoms with Gasteiger partial charge in [0.1, 0.15) is 5.65 Å². The van der Waals surface area contributed by atoms with E-state index in [0.717, 1.165) is 11.5 Å². The molecule has 2 aromatic rings. The molecule has 0 radical (unpaired) electrons. The molecule has 1 saturated heterocycles. The van der Waals surface area contributed by atoms with Crippen LogP contribution in [0.3, 0.4) is 0 Å². The van der Waals surface area contributed by atoms with Crippen molar-refractivity contribution < 1.29 is 4.74 Å². The van der Waals surface area contributed by atoms with E-state index in [4.69, 9.17) is 4.74 Å². The lowest BCUT2D eigenvalue weighted by atomic mass is 10.1. The van der Waals surface area contributed by atoms with E-state index >= 15 is 0 Å². The Morgan fingerprint density at radius 2 is 2.44 bits per heavy atom. The molecule has 0 bridgehead atoms. The Bertz CT molecular complexity index is 503. The fourth-order valence-electron chi connectivity index (χ4n) is 2.14. The molecule has 3 rings (SSSR count). The molecule has 1 aliphatic rings. The maximum absolute atomic E-state index is 5.32. The number of imidazole rings is 1. The second-order valence-corrected chi connectivity index (χ2v) is 5.17. The zero-order chi connectivity index (χ0) is 11.0. The molecular formula is C12H14N2OS. The normalized spacial score (nSPS) is 20.4. The van der Waals surface area contributed by atoms with E-state index < -0.39 is 0 Å². The minimum atomic E-state index is 0.620. The number of hydrogen-bond donors (Lipinski definition) is 0. The summed E-state index contributed by atoms with van der Waals surface area (Å²) in [6, 6.07) is 5.96. The number of hydrogen-bond acceptors (Lipinski definition) is 3. The highest BCUT2D eigenvalue weighted by atomic mass is 32.2. The van der Waals surface area contributed by atoms with Crippen molar-refractivity contribution in [1.82, 2.24) is 9.38 Å². The standard InChI is InChI=1S/C12H14N2OS/c1-15-12-4-2-3-11-13-10(7-14(11)12)9-5-6-16-8-9/h2-4,7,9H,5-6,8H2,1H3. The van der Waals surface area contributed by atoms with E-state index in [9.17, 15) is 0 Å². The van der Waals surface area contributed by atoms with Crippen molar-refractivity contribution >= 4 is 17.4 Å². The lowest BCUT2D eigenvalue weighted by Crippen LogP contribution is -1.95. The highest BCUT2D eigenvalue weighted by Crippen LogP contribution is 2.32. The largest absolute Gasteiger partial charge is 0.482 e. The molecule has 0 aromatic carbocycles. The van der Waals surface area contributed by atoms with Gasteiger partial charge in [-0.05, 0) is 24.3 Å². The Morgan fingerprint density at radius 1 is 1.50 bits per heavy atom. The van der Waals surface area contributed by atoms with Crippen molar-refractivity contribution in [2.45, 2.75) is 12.3 Å². The van der Waals surface area contributed by atoms with Gasteiger partial charge in [-0.1, -0.05) is 6.07 Å². The van der Waals surface area contributed by atoms with E-state index in [0.29, 0.717) is 5.92 Å². The summed E-state index contributed by atoms with van der Waals surface area (Å²) in [5, 5.41) is 0. The maximum atomic E-state index is 5.32. The molecule has 3 heterocycles. The molecule has 0 spiro atoms. The van der Waals surface area contributed by atoms with E-state index in [-0.39, 0.29) is 0 Å². The molecular weight excluding hydrogens is 220 g/mol. The zero-order valence-corrected chi connectivity index (χ0v) is 10.0. The van der Waals surface area contributed by atoms with Crippen LogP contribution in [0.5, 0.6) is 5.88 Å². The van der Waals surface area contributed by atoms with Crippen molar-refractivity contribution in [2.24, 2.45) is 0 Å². The molecule has 0 N–H and O–H groups in total. The van der Waals surface area contributed by atoms with Gasteiger partial charge < -0.3 is 4.74 Å². The summed E-state index contributed by atoms with van der Waals surface area (Å²) in [6.07, 6.45) is 3.36. The first-order valence-corrected chi connectivity index (χ1v) is 6.63. The third-order valence-corrected chi connectivity index (χ3v) is 4.19. The monoisotopic (exact) mass is 234 g/mol. The second kappa shape index (κ2) is 4.01. The maximum Gasteiger partial charge on any atom is 0.198 e. The molecule has 4 heteroatoms. The van der Waals surface area contributed by atoms with Crippen molar-refractivity contribution in [3.8, 4) is 5.88 Å². The van der Waals surface area contributed by atoms with Crippen molar-refractivity contribution in [1.29, 1.82) is 0 Å². The molecule has 3 nitrogen and oxygen atoms in total. The Hall–Kier alpha value is -1.16. The highest BCUT2D eigenvalue weighted by molar-refractivity contribution is 7.99. The number of ether oxygens (including phenoxy) is 1. The predicted octanol–water partition coefficient (Wildman–Crippen LogP) is 2.56. The molecule has 0 aliphatic carbocycles. The smallest absolute Gasteiger partial charge is 0.198 e. The van der Waals surface area contributed by atoms with Gasteiger partial charge in [0, 0.05) is 17.9 Å². The van der Waals surface area contributed by atoms with Crippen LogP contribution in [0.4, 0.5) is 0 Å². The number of fused-ring (bicyclic) bond motifs is 1. The van der Waals surface area contributed by atoms with Gasteiger partial charge in [0.15, 0.2) is 5.88 Å². The van der Waals surface area contributed by atoms with E-state index in [1.807, 2.05) is 34.4 Å². The van der Waals surface area contributed by atoms with Gasteiger partial charge in [0.2, 0.25) is 0 Å². The molecule has 0 amide bonds. The van der Waals surface area contributed by atoms with Gasteiger partial charge >= 0.3 is 0 Å². The van der Waals surface area contributed by atoms with Gasteiger partial charge in [0.25, 0.3) is 0 Å². The number of rotatable bonds is 2. The topological polar surface area (TPSA) is 26.5 Å². The molecule has 1 aliphatic heterocycles. The Balaban J connectivity index is 2.07. The fraction of sp³-hybridized carbons (Fsp3) is 0.417. The molecule has 1 atom stereocenters. The quantitative estimate of drug-likeness (QED) is 0.799. The number of aromatic nitrogens is 2. The van der Waals surface area contributed by atoms with Crippen LogP contribution in [0.1, 0.15) is 18.0 Å². The van der Waals surface area contributed by atoms with Crippen LogP contribution in [-0.4, -0.2) is 28.0 Å². The summed E-state index contributed by atoms with van der Waals surface area (Å²) < 4.78 is 7.35. The molecule has 1 unspecified atom stereocenters. The second-order valence-electron chi connectivity index (χ2n) is 4.02. The number of nitrogens with zero attached hydrogens (tertiary/aromatic N) is 2. The van der Waals surface area contributed by atoms with Gasteiger partial charge in [0.05, 0.1) is 12.8 Å². The molecule has 1 fully saturated rings. The van der Waals surface area contributed by atoms with Crippen LogP contribution < -0.4 is 4.74 Å². The van der Waals surface area contributed by atoms with Gasteiger partial charge in [-0.2, -0.15) is 11.8 Å². The van der Waals surface area contributed by atoms with E-state index in [1.54, 1.807) is 7.11 Å². The summed E-state index contributed by atoms with van der Waals surface area (Å²) in [4.78, 5) is 4.67. The van der Waals surface area contributed by atoms with Gasteiger partial charge in [-0.3, -0.25) is 4.40 Å². The van der Waals surface area contributed by atoms with Crippen LogP contribution in [0.25, 0.3) is 5.65 Å². The van der Waals surface area contributed by atoms with Crippen LogP contribution >= 0.6 is 11.8 Å². The van der Waals surface area contributed by atoms with Crippen molar-refractivity contribution in [2.75, 3.05) is 18.6 Å². The summed E-state index contributed by atoms with van der Waals surface area (Å²) in [5.41, 5.74) is 2.18. The highest BCUT2D eigenvalue weighted by Gasteiger charge is 2.20. The number of thioether (sulfide) groups is 1. The minimum absolute atomic E-state index is 0.620. The van der Waals surface area contributed by atoms with Gasteiger partial charge in [-0.25, -0.2) is 4.98 Å². The van der Waals surface area contributed by atoms with E-state index in [1.165, 1.54) is 23.6 Å². The van der Waals surface area contributed by atoms with Crippen LogP contribution in [0.2, 0.25) is 0 Å². The first kappa shape index (κ1) is 10.0. The Labute approximate surface area is 98.8 Å². The Kier molecular flexibility index (Phi) is 2.52. The Morgan fingerprint density at radius 3 is 3.19 bits per heavy atom. The lowest BCUT2D eigenvalue weighted by Gasteiger charge is -2.02. The fourth-order valence-corrected chi connectivity index (χ4v) is 3.37. The van der Waals surface area contributed by atoms with Crippen LogP contribution in [0, 0.1) is 0 Å². The minimum Gasteiger partial charge on any atom is -0.482 e. The summed E-state index contributed by atoms with van der Waals surface area (Å²) >= 11 is 2.02. The number of pyridine rings is 1. The van der Waals surface area contributed by atoms with Crippen molar-refractivity contribution in [3.05, 3.63) is 30.1 Å². The first-order valence-electron chi connectivity index (χ1n) is 5.48.